The second-order valence-corrected chi connectivity index (χ2v) is 8.49. The summed E-state index contributed by atoms with van der Waals surface area (Å²) in [5, 5.41) is 2.83. The van der Waals surface area contributed by atoms with E-state index >= 15 is 0 Å². The van der Waals surface area contributed by atoms with Gasteiger partial charge in [-0.15, -0.1) is 11.8 Å². The summed E-state index contributed by atoms with van der Waals surface area (Å²) in [7, 11) is 3.35. The van der Waals surface area contributed by atoms with Gasteiger partial charge in [0.1, 0.15) is 6.61 Å². The summed E-state index contributed by atoms with van der Waals surface area (Å²) in [5.74, 6) is 1.49. The van der Waals surface area contributed by atoms with E-state index in [0.717, 1.165) is 16.0 Å². The molecule has 0 atom stereocenters. The van der Waals surface area contributed by atoms with Crippen molar-refractivity contribution < 1.29 is 19.1 Å². The molecule has 1 aliphatic heterocycles. The highest BCUT2D eigenvalue weighted by atomic mass is 32.2. The van der Waals surface area contributed by atoms with Gasteiger partial charge < -0.3 is 19.7 Å². The van der Waals surface area contributed by atoms with Gasteiger partial charge in [0.25, 0.3) is 5.91 Å². The first-order chi connectivity index (χ1) is 15.5. The molecule has 4 rings (SSSR count). The Labute approximate surface area is 191 Å². The van der Waals surface area contributed by atoms with Gasteiger partial charge in [0.2, 0.25) is 5.91 Å². The van der Waals surface area contributed by atoms with Crippen molar-refractivity contribution in [2.45, 2.75) is 18.0 Å². The minimum atomic E-state index is -0.124. The lowest BCUT2D eigenvalue weighted by Crippen LogP contribution is -2.27. The third-order valence-corrected chi connectivity index (χ3v) is 6.16. The number of hydrogen-bond acceptors (Lipinski definition) is 5. The fourth-order valence-electron chi connectivity index (χ4n) is 3.45. The highest BCUT2D eigenvalue weighted by Crippen LogP contribution is 2.33. The lowest BCUT2D eigenvalue weighted by atomic mass is 10.1. The maximum Gasteiger partial charge on any atom is 0.253 e. The number of nitrogens with zero attached hydrogens (tertiary/aromatic N) is 1. The summed E-state index contributed by atoms with van der Waals surface area (Å²) in [4.78, 5) is 27.2. The number of carbonyl (C=O) groups excluding carboxylic acids is 2. The molecular weight excluding hydrogens is 424 g/mol. The summed E-state index contributed by atoms with van der Waals surface area (Å²) in [5.41, 5.74) is 3.21. The van der Waals surface area contributed by atoms with Gasteiger partial charge >= 0.3 is 0 Å². The second-order valence-electron chi connectivity index (χ2n) is 7.47. The number of methoxy groups -OCH3 is 1. The topological polar surface area (TPSA) is 67.9 Å². The quantitative estimate of drug-likeness (QED) is 0.573. The predicted molar refractivity (Wildman–Crippen MR) is 125 cm³/mol. The van der Waals surface area contributed by atoms with Crippen molar-refractivity contribution in [3.63, 3.8) is 0 Å². The molecule has 0 radical (unpaired) electrons. The molecule has 164 valence electrons. The molecule has 0 aliphatic carbocycles. The normalized spacial score (nSPS) is 12.5. The highest BCUT2D eigenvalue weighted by Gasteiger charge is 2.19. The van der Waals surface area contributed by atoms with Crippen LogP contribution in [0, 0.1) is 0 Å². The number of benzene rings is 3. The van der Waals surface area contributed by atoms with E-state index in [0.29, 0.717) is 41.7 Å². The van der Waals surface area contributed by atoms with Crippen molar-refractivity contribution in [3.8, 4) is 11.5 Å². The van der Waals surface area contributed by atoms with E-state index in [1.807, 2.05) is 54.6 Å². The Morgan fingerprint density at radius 2 is 1.84 bits per heavy atom. The summed E-state index contributed by atoms with van der Waals surface area (Å²) >= 11 is 1.47. The molecule has 2 amide bonds. The number of thioether (sulfide) groups is 1. The van der Waals surface area contributed by atoms with Crippen molar-refractivity contribution in [2.75, 3.05) is 25.2 Å². The summed E-state index contributed by atoms with van der Waals surface area (Å²) < 4.78 is 11.4. The van der Waals surface area contributed by atoms with Crippen LogP contribution in [0.4, 0.5) is 5.69 Å². The zero-order valence-corrected chi connectivity index (χ0v) is 18.8. The first-order valence-corrected chi connectivity index (χ1v) is 11.2. The molecule has 32 heavy (non-hydrogen) atoms. The first-order valence-electron chi connectivity index (χ1n) is 10.2. The van der Waals surface area contributed by atoms with Crippen LogP contribution in [0.3, 0.4) is 0 Å². The lowest BCUT2D eigenvalue weighted by molar-refractivity contribution is -0.113. The van der Waals surface area contributed by atoms with Crippen molar-refractivity contribution in [3.05, 3.63) is 83.4 Å². The van der Waals surface area contributed by atoms with Crippen molar-refractivity contribution in [1.29, 1.82) is 0 Å². The second kappa shape index (κ2) is 9.78. The number of carbonyl (C=O) groups is 2. The third-order valence-electron chi connectivity index (χ3n) is 5.09. The van der Waals surface area contributed by atoms with Gasteiger partial charge in [-0.25, -0.2) is 0 Å². The van der Waals surface area contributed by atoms with Gasteiger partial charge in [0.15, 0.2) is 11.5 Å². The molecule has 0 aromatic heterocycles. The number of amides is 2. The van der Waals surface area contributed by atoms with Gasteiger partial charge in [0, 0.05) is 24.1 Å². The Bertz CT molecular complexity index is 1130. The van der Waals surface area contributed by atoms with E-state index in [2.05, 4.69) is 5.32 Å². The Kier molecular flexibility index (Phi) is 6.66. The molecule has 1 heterocycles. The Morgan fingerprint density at radius 3 is 2.62 bits per heavy atom. The van der Waals surface area contributed by atoms with Crippen LogP contribution >= 0.6 is 11.8 Å². The number of nitrogens with one attached hydrogen (secondary N) is 1. The molecule has 0 fully saturated rings. The number of fused-ring (bicyclic) bond motifs is 1. The highest BCUT2D eigenvalue weighted by molar-refractivity contribution is 8.00. The fraction of sp³-hybridized carbons (Fsp3) is 0.200. The molecule has 0 spiro atoms. The van der Waals surface area contributed by atoms with Crippen LogP contribution in [-0.2, 0) is 17.9 Å². The lowest BCUT2D eigenvalue weighted by Gasteiger charge is -2.21. The molecule has 7 heteroatoms. The van der Waals surface area contributed by atoms with Gasteiger partial charge in [-0.05, 0) is 41.5 Å². The van der Waals surface area contributed by atoms with E-state index in [-0.39, 0.29) is 11.8 Å². The van der Waals surface area contributed by atoms with Crippen LogP contribution in [0.1, 0.15) is 21.5 Å². The number of rotatable bonds is 7. The molecule has 6 nitrogen and oxygen atoms in total. The monoisotopic (exact) mass is 448 g/mol. The van der Waals surface area contributed by atoms with Crippen LogP contribution in [0.5, 0.6) is 11.5 Å². The van der Waals surface area contributed by atoms with Crippen LogP contribution < -0.4 is 14.8 Å². The number of anilines is 1. The molecule has 0 saturated carbocycles. The van der Waals surface area contributed by atoms with Crippen LogP contribution in [0.25, 0.3) is 0 Å². The minimum Gasteiger partial charge on any atom is -0.493 e. The van der Waals surface area contributed by atoms with E-state index in [9.17, 15) is 9.59 Å². The molecule has 1 aliphatic rings. The van der Waals surface area contributed by atoms with E-state index in [1.165, 1.54) is 11.8 Å². The van der Waals surface area contributed by atoms with Gasteiger partial charge in [-0.3, -0.25) is 9.59 Å². The maximum absolute atomic E-state index is 12.9. The van der Waals surface area contributed by atoms with E-state index in [4.69, 9.17) is 9.47 Å². The molecule has 0 unspecified atom stereocenters. The SMILES string of the molecule is COc1cc(CN(C)C(=O)c2ccc3c(c2)NC(=O)CS3)ccc1OCc1ccccc1. The third kappa shape index (κ3) is 5.06. The zero-order chi connectivity index (χ0) is 22.5. The number of hydrogen-bond donors (Lipinski definition) is 1. The molecule has 0 saturated heterocycles. The molecule has 3 aromatic carbocycles. The smallest absolute Gasteiger partial charge is 0.253 e. The van der Waals surface area contributed by atoms with E-state index in [1.54, 1.807) is 31.2 Å². The Hall–Kier alpha value is -3.45. The van der Waals surface area contributed by atoms with Crippen LogP contribution in [0.15, 0.2) is 71.6 Å². The summed E-state index contributed by atoms with van der Waals surface area (Å²) in [6, 6.07) is 21.0. The fourth-order valence-corrected chi connectivity index (χ4v) is 4.24. The van der Waals surface area contributed by atoms with Crippen LogP contribution in [0.2, 0.25) is 0 Å². The van der Waals surface area contributed by atoms with Crippen LogP contribution in [-0.4, -0.2) is 36.6 Å². The average molecular weight is 449 g/mol. The van der Waals surface area contributed by atoms with E-state index < -0.39 is 0 Å². The number of ether oxygens (including phenoxy) is 2. The largest absolute Gasteiger partial charge is 0.493 e. The molecule has 1 N–H and O–H groups in total. The van der Waals surface area contributed by atoms with Crippen molar-refractivity contribution in [1.82, 2.24) is 4.90 Å². The van der Waals surface area contributed by atoms with Gasteiger partial charge in [-0.1, -0.05) is 36.4 Å². The maximum atomic E-state index is 12.9. The Balaban J connectivity index is 1.43. The predicted octanol–water partition coefficient (Wildman–Crippen LogP) is 4.59. The average Bonchev–Trinajstić information content (AvgIpc) is 2.82. The van der Waals surface area contributed by atoms with Crippen molar-refractivity contribution >= 4 is 29.3 Å². The summed E-state index contributed by atoms with van der Waals surface area (Å²) in [6.45, 7) is 0.856. The summed E-state index contributed by atoms with van der Waals surface area (Å²) in [6.07, 6.45) is 0. The molecular formula is C25H24N2O4S. The molecule has 3 aromatic rings. The van der Waals surface area contributed by atoms with Crippen molar-refractivity contribution in [2.24, 2.45) is 0 Å². The molecule has 0 bridgehead atoms. The van der Waals surface area contributed by atoms with Gasteiger partial charge in [-0.2, -0.15) is 0 Å². The minimum absolute atomic E-state index is 0.0536. The standard InChI is InChI=1S/C25H24N2O4S/c1-27(25(29)19-9-11-23-20(13-19)26-24(28)16-32-23)14-18-8-10-21(22(12-18)30-2)31-15-17-6-4-3-5-7-17/h3-13H,14-16H2,1-2H3,(H,26,28). The Morgan fingerprint density at radius 1 is 1.03 bits per heavy atom. The van der Waals surface area contributed by atoms with Gasteiger partial charge in [0.05, 0.1) is 18.6 Å². The first kappa shape index (κ1) is 21.8. The zero-order valence-electron chi connectivity index (χ0n) is 18.0.